The number of ether oxygens (including phenoxy) is 2. The molecule has 10 heteroatoms. The minimum atomic E-state index is -0.719. The molecule has 0 bridgehead atoms. The zero-order chi connectivity index (χ0) is 23.3. The Labute approximate surface area is 189 Å². The number of hydrogen-bond acceptors (Lipinski definition) is 7. The second kappa shape index (κ2) is 10.3. The molecule has 2 aromatic rings. The van der Waals surface area contributed by atoms with Gasteiger partial charge in [0, 0.05) is 10.6 Å². The number of hydrogen-bond donors (Lipinski definition) is 3. The van der Waals surface area contributed by atoms with Crippen LogP contribution in [0.3, 0.4) is 0 Å². The van der Waals surface area contributed by atoms with E-state index in [1.807, 2.05) is 0 Å². The number of primary amides is 1. The van der Waals surface area contributed by atoms with Crippen molar-refractivity contribution in [2.45, 2.75) is 45.6 Å². The molecule has 0 unspecified atom stereocenters. The Kier molecular flexibility index (Phi) is 7.47. The minimum absolute atomic E-state index is 0.209. The number of esters is 2. The third-order valence-corrected chi connectivity index (χ3v) is 5.90. The molecule has 0 radical (unpaired) electrons. The molecular weight excluding hydrogens is 434 g/mol. The quantitative estimate of drug-likeness (QED) is 0.542. The minimum Gasteiger partial charge on any atom is -0.459 e. The summed E-state index contributed by atoms with van der Waals surface area (Å²) < 4.78 is 10.4. The van der Waals surface area contributed by atoms with Gasteiger partial charge in [-0.1, -0.05) is 0 Å². The molecular formula is C22H25N3O6S. The second-order valence-electron chi connectivity index (χ2n) is 7.56. The summed E-state index contributed by atoms with van der Waals surface area (Å²) in [5.41, 5.74) is 7.00. The number of rotatable bonds is 7. The van der Waals surface area contributed by atoms with E-state index in [1.165, 1.54) is 35.6 Å². The van der Waals surface area contributed by atoms with Crippen molar-refractivity contribution < 1.29 is 28.7 Å². The molecule has 1 aliphatic rings. The van der Waals surface area contributed by atoms with E-state index in [-0.39, 0.29) is 11.7 Å². The number of carbonyl (C=O) groups is 4. The second-order valence-corrected chi connectivity index (χ2v) is 8.67. The zero-order valence-electron chi connectivity index (χ0n) is 17.9. The van der Waals surface area contributed by atoms with Crippen LogP contribution in [0.4, 0.5) is 15.5 Å². The molecule has 3 rings (SSSR count). The van der Waals surface area contributed by atoms with Crippen molar-refractivity contribution >= 4 is 45.9 Å². The van der Waals surface area contributed by atoms with Crippen LogP contribution in [0.2, 0.25) is 0 Å². The predicted molar refractivity (Wildman–Crippen MR) is 120 cm³/mol. The van der Waals surface area contributed by atoms with Gasteiger partial charge in [-0.25, -0.2) is 14.4 Å². The van der Waals surface area contributed by atoms with Gasteiger partial charge in [-0.2, -0.15) is 0 Å². The van der Waals surface area contributed by atoms with Gasteiger partial charge in [0.25, 0.3) is 5.91 Å². The van der Waals surface area contributed by atoms with Crippen LogP contribution < -0.4 is 16.4 Å². The van der Waals surface area contributed by atoms with Crippen molar-refractivity contribution in [3.05, 3.63) is 45.8 Å². The van der Waals surface area contributed by atoms with Crippen LogP contribution in [0.25, 0.3) is 0 Å². The highest BCUT2D eigenvalue weighted by atomic mass is 32.1. The first-order valence-corrected chi connectivity index (χ1v) is 11.0. The lowest BCUT2D eigenvalue weighted by Gasteiger charge is -2.14. The van der Waals surface area contributed by atoms with E-state index < -0.39 is 30.5 Å². The SMILES string of the molecule is CC(C)OC(=O)c1c(NC(=O)COC(=O)c2ccc(NC(N)=O)cc2)sc2c1CCCC2. The fraction of sp³-hybridized carbons (Fsp3) is 0.364. The van der Waals surface area contributed by atoms with Crippen LogP contribution in [0.15, 0.2) is 24.3 Å². The van der Waals surface area contributed by atoms with E-state index in [2.05, 4.69) is 10.6 Å². The summed E-state index contributed by atoms with van der Waals surface area (Å²) in [6.07, 6.45) is 3.35. The maximum atomic E-state index is 12.6. The number of fused-ring (bicyclic) bond motifs is 1. The van der Waals surface area contributed by atoms with Gasteiger partial charge in [-0.15, -0.1) is 11.3 Å². The van der Waals surface area contributed by atoms with Crippen molar-refractivity contribution in [1.82, 2.24) is 0 Å². The highest BCUT2D eigenvalue weighted by molar-refractivity contribution is 7.17. The van der Waals surface area contributed by atoms with Crippen LogP contribution in [-0.2, 0) is 27.1 Å². The van der Waals surface area contributed by atoms with Gasteiger partial charge in [-0.3, -0.25) is 4.79 Å². The molecule has 4 N–H and O–H groups in total. The van der Waals surface area contributed by atoms with Crippen molar-refractivity contribution in [2.24, 2.45) is 5.73 Å². The molecule has 32 heavy (non-hydrogen) atoms. The fourth-order valence-corrected chi connectivity index (χ4v) is 4.65. The standard InChI is InChI=1S/C22H25N3O6S/c1-12(2)31-21(28)18-15-5-3-4-6-16(15)32-19(18)25-17(26)11-30-20(27)13-7-9-14(10-8-13)24-22(23)29/h7-10,12H,3-6,11H2,1-2H3,(H,25,26)(H3,23,24,29). The maximum absolute atomic E-state index is 12.6. The van der Waals surface area contributed by atoms with Gasteiger partial charge in [-0.05, 0) is 69.4 Å². The van der Waals surface area contributed by atoms with E-state index in [0.29, 0.717) is 16.3 Å². The predicted octanol–water partition coefficient (Wildman–Crippen LogP) is 3.48. The first-order chi connectivity index (χ1) is 15.2. The number of urea groups is 1. The highest BCUT2D eigenvalue weighted by Gasteiger charge is 2.28. The van der Waals surface area contributed by atoms with Crippen LogP contribution in [0, 0.1) is 0 Å². The molecule has 1 heterocycles. The van der Waals surface area contributed by atoms with Crippen LogP contribution >= 0.6 is 11.3 Å². The summed E-state index contributed by atoms with van der Waals surface area (Å²) in [5, 5.41) is 5.50. The Balaban J connectivity index is 1.64. The normalized spacial score (nSPS) is 12.6. The third kappa shape index (κ3) is 5.85. The topological polar surface area (TPSA) is 137 Å². The van der Waals surface area contributed by atoms with Gasteiger partial charge in [0.2, 0.25) is 0 Å². The average Bonchev–Trinajstić information content (AvgIpc) is 3.09. The van der Waals surface area contributed by atoms with E-state index in [0.717, 1.165) is 36.1 Å². The largest absolute Gasteiger partial charge is 0.459 e. The molecule has 0 fully saturated rings. The maximum Gasteiger partial charge on any atom is 0.341 e. The lowest BCUT2D eigenvalue weighted by Crippen LogP contribution is -2.22. The zero-order valence-corrected chi connectivity index (χ0v) is 18.7. The molecule has 3 amide bonds. The Hall–Kier alpha value is -3.40. The first kappa shape index (κ1) is 23.3. The molecule has 1 aromatic heterocycles. The molecule has 170 valence electrons. The number of amides is 3. The number of carbonyl (C=O) groups excluding carboxylic acids is 4. The lowest BCUT2D eigenvalue weighted by molar-refractivity contribution is -0.119. The number of aryl methyl sites for hydroxylation is 1. The summed E-state index contributed by atoms with van der Waals surface area (Å²) in [4.78, 5) is 49.2. The van der Waals surface area contributed by atoms with Gasteiger partial charge >= 0.3 is 18.0 Å². The summed E-state index contributed by atoms with van der Waals surface area (Å²) in [7, 11) is 0. The van der Waals surface area contributed by atoms with Crippen LogP contribution in [0.1, 0.15) is 57.8 Å². The molecule has 0 saturated carbocycles. The van der Waals surface area contributed by atoms with Gasteiger partial charge in [0.15, 0.2) is 6.61 Å². The number of nitrogens with two attached hydrogens (primary N) is 1. The average molecular weight is 460 g/mol. The molecule has 0 aliphatic heterocycles. The molecule has 1 aliphatic carbocycles. The summed E-state index contributed by atoms with van der Waals surface area (Å²) in [6.45, 7) is 3.02. The number of thiophene rings is 1. The summed E-state index contributed by atoms with van der Waals surface area (Å²) >= 11 is 1.36. The summed E-state index contributed by atoms with van der Waals surface area (Å²) in [5.74, 6) is -1.71. The number of benzene rings is 1. The molecule has 1 aromatic carbocycles. The van der Waals surface area contributed by atoms with Gasteiger partial charge in [0.1, 0.15) is 5.00 Å². The first-order valence-electron chi connectivity index (χ1n) is 10.2. The van der Waals surface area contributed by atoms with E-state index in [9.17, 15) is 19.2 Å². The Morgan fingerprint density at radius 3 is 2.38 bits per heavy atom. The van der Waals surface area contributed by atoms with Crippen LogP contribution in [0.5, 0.6) is 0 Å². The molecule has 0 spiro atoms. The van der Waals surface area contributed by atoms with E-state index >= 15 is 0 Å². The fourth-order valence-electron chi connectivity index (χ4n) is 3.35. The van der Waals surface area contributed by atoms with Gasteiger partial charge in [0.05, 0.1) is 17.2 Å². The van der Waals surface area contributed by atoms with Crippen molar-refractivity contribution in [3.8, 4) is 0 Å². The van der Waals surface area contributed by atoms with Crippen molar-refractivity contribution in [1.29, 1.82) is 0 Å². The number of nitrogens with one attached hydrogen (secondary N) is 2. The number of anilines is 2. The van der Waals surface area contributed by atoms with E-state index in [4.69, 9.17) is 15.2 Å². The monoisotopic (exact) mass is 459 g/mol. The molecule has 0 atom stereocenters. The molecule has 9 nitrogen and oxygen atoms in total. The van der Waals surface area contributed by atoms with E-state index in [1.54, 1.807) is 13.8 Å². The molecule has 0 saturated heterocycles. The Bertz CT molecular complexity index is 1030. The van der Waals surface area contributed by atoms with Crippen molar-refractivity contribution in [2.75, 3.05) is 17.2 Å². The van der Waals surface area contributed by atoms with Crippen molar-refractivity contribution in [3.63, 3.8) is 0 Å². The smallest absolute Gasteiger partial charge is 0.341 e. The third-order valence-electron chi connectivity index (χ3n) is 4.69. The summed E-state index contributed by atoms with van der Waals surface area (Å²) in [6, 6.07) is 5.15. The lowest BCUT2D eigenvalue weighted by atomic mass is 9.95. The Morgan fingerprint density at radius 2 is 1.72 bits per heavy atom. The highest BCUT2D eigenvalue weighted by Crippen LogP contribution is 2.38. The Morgan fingerprint density at radius 1 is 1.03 bits per heavy atom. The van der Waals surface area contributed by atoms with Gasteiger partial charge < -0.3 is 25.8 Å². The van der Waals surface area contributed by atoms with Crippen LogP contribution in [-0.4, -0.2) is 36.6 Å².